The van der Waals surface area contributed by atoms with Crippen molar-refractivity contribution in [1.82, 2.24) is 10.2 Å². The molecular formula is C23H27ClN2O3. The minimum Gasteiger partial charge on any atom is -0.484 e. The maximum atomic E-state index is 12.5. The van der Waals surface area contributed by atoms with Gasteiger partial charge in [0.2, 0.25) is 5.91 Å². The third kappa shape index (κ3) is 5.97. The highest BCUT2D eigenvalue weighted by Crippen LogP contribution is 2.26. The van der Waals surface area contributed by atoms with E-state index in [1.165, 1.54) is 0 Å². The molecule has 3 rings (SSSR count). The summed E-state index contributed by atoms with van der Waals surface area (Å²) in [5.41, 5.74) is 2.87. The molecule has 1 fully saturated rings. The van der Waals surface area contributed by atoms with E-state index in [1.807, 2.05) is 56.3 Å². The summed E-state index contributed by atoms with van der Waals surface area (Å²) in [5.74, 6) is 0.642. The topological polar surface area (TPSA) is 58.6 Å². The lowest BCUT2D eigenvalue weighted by Gasteiger charge is -2.32. The van der Waals surface area contributed by atoms with E-state index in [1.54, 1.807) is 4.90 Å². The van der Waals surface area contributed by atoms with Gasteiger partial charge in [-0.15, -0.1) is 0 Å². The fourth-order valence-electron chi connectivity index (χ4n) is 3.56. The summed E-state index contributed by atoms with van der Waals surface area (Å²) in [5, 5.41) is 3.80. The van der Waals surface area contributed by atoms with Crippen molar-refractivity contribution in [2.24, 2.45) is 0 Å². The van der Waals surface area contributed by atoms with Crippen LogP contribution in [-0.4, -0.2) is 42.5 Å². The number of nitrogens with zero attached hydrogens (tertiary/aromatic N) is 1. The van der Waals surface area contributed by atoms with Crippen molar-refractivity contribution in [3.05, 3.63) is 64.2 Å². The normalized spacial score (nSPS) is 14.5. The fraction of sp³-hybridized carbons (Fsp3) is 0.391. The first-order chi connectivity index (χ1) is 13.9. The zero-order chi connectivity index (χ0) is 20.8. The highest BCUT2D eigenvalue weighted by molar-refractivity contribution is 6.32. The molecule has 1 saturated heterocycles. The van der Waals surface area contributed by atoms with Crippen molar-refractivity contribution in [2.45, 2.75) is 39.2 Å². The largest absolute Gasteiger partial charge is 0.484 e. The zero-order valence-corrected chi connectivity index (χ0v) is 17.7. The molecule has 2 amide bonds. The fourth-order valence-corrected chi connectivity index (χ4v) is 3.67. The SMILES string of the molecule is Cc1cc(OCC(=O)N2CCC(NC(=O)Cc3ccccc3)CC2)cc(C)c1Cl. The summed E-state index contributed by atoms with van der Waals surface area (Å²) in [6, 6.07) is 13.5. The Hall–Kier alpha value is -2.53. The van der Waals surface area contributed by atoms with E-state index in [-0.39, 0.29) is 24.5 Å². The first kappa shape index (κ1) is 21.2. The molecule has 0 aromatic heterocycles. The molecule has 2 aromatic rings. The highest BCUT2D eigenvalue weighted by atomic mass is 35.5. The number of aryl methyl sites for hydroxylation is 2. The number of halogens is 1. The zero-order valence-electron chi connectivity index (χ0n) is 16.9. The third-order valence-corrected chi connectivity index (χ3v) is 5.79. The van der Waals surface area contributed by atoms with Crippen molar-refractivity contribution >= 4 is 23.4 Å². The number of ether oxygens (including phenoxy) is 1. The summed E-state index contributed by atoms with van der Waals surface area (Å²) >= 11 is 6.17. The highest BCUT2D eigenvalue weighted by Gasteiger charge is 2.24. The molecule has 0 radical (unpaired) electrons. The number of amides is 2. The minimum atomic E-state index is -0.0377. The molecule has 6 heteroatoms. The number of hydrogen-bond acceptors (Lipinski definition) is 3. The van der Waals surface area contributed by atoms with E-state index < -0.39 is 0 Å². The molecule has 29 heavy (non-hydrogen) atoms. The van der Waals surface area contributed by atoms with Crippen LogP contribution in [-0.2, 0) is 16.0 Å². The second kappa shape index (κ2) is 9.79. The summed E-state index contributed by atoms with van der Waals surface area (Å²) < 4.78 is 5.68. The molecule has 1 N–H and O–H groups in total. The lowest BCUT2D eigenvalue weighted by atomic mass is 10.0. The monoisotopic (exact) mass is 414 g/mol. The Morgan fingerprint density at radius 2 is 1.72 bits per heavy atom. The van der Waals surface area contributed by atoms with Crippen LogP contribution in [0.25, 0.3) is 0 Å². The van der Waals surface area contributed by atoms with E-state index in [0.717, 1.165) is 34.6 Å². The molecule has 0 spiro atoms. The van der Waals surface area contributed by atoms with Crippen LogP contribution in [0, 0.1) is 13.8 Å². The van der Waals surface area contributed by atoms with Crippen molar-refractivity contribution in [3.8, 4) is 5.75 Å². The number of nitrogens with one attached hydrogen (secondary N) is 1. The van der Waals surface area contributed by atoms with E-state index >= 15 is 0 Å². The number of piperidine rings is 1. The van der Waals surface area contributed by atoms with Crippen LogP contribution in [0.15, 0.2) is 42.5 Å². The van der Waals surface area contributed by atoms with Crippen LogP contribution in [0.4, 0.5) is 0 Å². The van der Waals surface area contributed by atoms with Crippen molar-refractivity contribution < 1.29 is 14.3 Å². The second-order valence-electron chi connectivity index (χ2n) is 7.54. The van der Waals surface area contributed by atoms with Crippen LogP contribution in [0.2, 0.25) is 5.02 Å². The van der Waals surface area contributed by atoms with Crippen LogP contribution in [0.3, 0.4) is 0 Å². The first-order valence-electron chi connectivity index (χ1n) is 9.93. The summed E-state index contributed by atoms with van der Waals surface area (Å²) in [4.78, 5) is 26.5. The van der Waals surface area contributed by atoms with E-state index in [0.29, 0.717) is 25.3 Å². The predicted molar refractivity (Wildman–Crippen MR) is 114 cm³/mol. The Bertz CT molecular complexity index is 839. The van der Waals surface area contributed by atoms with E-state index in [4.69, 9.17) is 16.3 Å². The average Bonchev–Trinajstić information content (AvgIpc) is 2.71. The van der Waals surface area contributed by atoms with Gasteiger partial charge in [0.1, 0.15) is 5.75 Å². The number of likely N-dealkylation sites (tertiary alicyclic amines) is 1. The Morgan fingerprint density at radius 3 is 2.34 bits per heavy atom. The molecule has 0 atom stereocenters. The standard InChI is InChI=1S/C23H27ClN2O3/c1-16-12-20(13-17(2)23(16)24)29-15-22(28)26-10-8-19(9-11-26)25-21(27)14-18-6-4-3-5-7-18/h3-7,12-13,19H,8-11,14-15H2,1-2H3,(H,25,27). The van der Waals surface area contributed by atoms with Gasteiger partial charge in [-0.1, -0.05) is 41.9 Å². The molecule has 5 nitrogen and oxygen atoms in total. The van der Waals surface area contributed by atoms with E-state index in [9.17, 15) is 9.59 Å². The lowest BCUT2D eigenvalue weighted by molar-refractivity contribution is -0.134. The Morgan fingerprint density at radius 1 is 1.10 bits per heavy atom. The third-order valence-electron chi connectivity index (χ3n) is 5.19. The molecule has 1 aliphatic heterocycles. The van der Waals surface area contributed by atoms with Crippen LogP contribution >= 0.6 is 11.6 Å². The summed E-state index contributed by atoms with van der Waals surface area (Å²) in [6.07, 6.45) is 1.89. The van der Waals surface area contributed by atoms with Gasteiger partial charge in [0.05, 0.1) is 6.42 Å². The van der Waals surface area contributed by atoms with Crippen molar-refractivity contribution in [2.75, 3.05) is 19.7 Å². The van der Waals surface area contributed by atoms with E-state index in [2.05, 4.69) is 5.32 Å². The smallest absolute Gasteiger partial charge is 0.260 e. The molecule has 2 aromatic carbocycles. The maximum absolute atomic E-state index is 12.5. The van der Waals surface area contributed by atoms with Gasteiger partial charge in [-0.3, -0.25) is 9.59 Å². The molecule has 154 valence electrons. The molecule has 0 bridgehead atoms. The molecular weight excluding hydrogens is 388 g/mol. The number of carbonyl (C=O) groups is 2. The number of benzene rings is 2. The van der Waals surface area contributed by atoms with Gasteiger partial charge in [-0.2, -0.15) is 0 Å². The van der Waals surface area contributed by atoms with Crippen LogP contribution in [0.5, 0.6) is 5.75 Å². The van der Waals surface area contributed by atoms with Gasteiger partial charge in [0.15, 0.2) is 6.61 Å². The van der Waals surface area contributed by atoms with Gasteiger partial charge in [0, 0.05) is 24.2 Å². The minimum absolute atomic E-state index is 0.00550. The quantitative estimate of drug-likeness (QED) is 0.784. The van der Waals surface area contributed by atoms with Gasteiger partial charge < -0.3 is 15.0 Å². The van der Waals surface area contributed by atoms with Crippen molar-refractivity contribution in [3.63, 3.8) is 0 Å². The second-order valence-corrected chi connectivity index (χ2v) is 7.92. The van der Waals surface area contributed by atoms with Gasteiger partial charge >= 0.3 is 0 Å². The maximum Gasteiger partial charge on any atom is 0.260 e. The van der Waals surface area contributed by atoms with Crippen LogP contribution < -0.4 is 10.1 Å². The van der Waals surface area contributed by atoms with Crippen LogP contribution in [0.1, 0.15) is 29.5 Å². The molecule has 0 unspecified atom stereocenters. The van der Waals surface area contributed by atoms with Gasteiger partial charge in [0.25, 0.3) is 5.91 Å². The number of rotatable bonds is 6. The molecule has 1 heterocycles. The Labute approximate surface area is 177 Å². The predicted octanol–water partition coefficient (Wildman–Crippen LogP) is 3.69. The first-order valence-corrected chi connectivity index (χ1v) is 10.3. The van der Waals surface area contributed by atoms with Crippen molar-refractivity contribution in [1.29, 1.82) is 0 Å². The number of carbonyl (C=O) groups excluding carboxylic acids is 2. The summed E-state index contributed by atoms with van der Waals surface area (Å²) in [6.45, 7) is 5.08. The lowest BCUT2D eigenvalue weighted by Crippen LogP contribution is -2.48. The number of hydrogen-bond donors (Lipinski definition) is 1. The molecule has 1 aliphatic rings. The molecule has 0 saturated carbocycles. The molecule has 0 aliphatic carbocycles. The summed E-state index contributed by atoms with van der Waals surface area (Å²) in [7, 11) is 0. The Balaban J connectivity index is 1.42. The van der Waals surface area contributed by atoms with Gasteiger partial charge in [-0.05, 0) is 55.5 Å². The van der Waals surface area contributed by atoms with Gasteiger partial charge in [-0.25, -0.2) is 0 Å². The Kier molecular flexibility index (Phi) is 7.15. The average molecular weight is 415 g/mol.